The summed E-state index contributed by atoms with van der Waals surface area (Å²) in [5.74, 6) is 6.57. The van der Waals surface area contributed by atoms with E-state index in [2.05, 4.69) is 136 Å². The third-order valence-corrected chi connectivity index (χ3v) is 14.8. The molecule has 0 fully saturated rings. The largest absolute Gasteiger partial charge is 0.305 e. The molecule has 0 saturated heterocycles. The van der Waals surface area contributed by atoms with Crippen molar-refractivity contribution in [2.24, 2.45) is 0 Å². The molecule has 1 radical (unpaired) electrons. The van der Waals surface area contributed by atoms with E-state index >= 15 is 0 Å². The van der Waals surface area contributed by atoms with Crippen molar-refractivity contribution in [2.75, 3.05) is 0 Å². The van der Waals surface area contributed by atoms with Gasteiger partial charge in [0.25, 0.3) is 0 Å². The van der Waals surface area contributed by atoms with Gasteiger partial charge in [0.2, 0.25) is 0 Å². The molecule has 0 atom stereocenters. The van der Waals surface area contributed by atoms with Crippen LogP contribution in [0.4, 0.5) is 0 Å². The average molecular weight is 951 g/mol. The van der Waals surface area contributed by atoms with Gasteiger partial charge in [-0.1, -0.05) is 90.7 Å². The Morgan fingerprint density at radius 1 is 0.582 bits per heavy atom. The average Bonchev–Trinajstić information content (AvgIpc) is 3.60. The van der Waals surface area contributed by atoms with Crippen LogP contribution in [0.5, 0.6) is 0 Å². The van der Waals surface area contributed by atoms with Gasteiger partial charge in [0.1, 0.15) is 0 Å². The normalized spacial score (nSPS) is 12.2. The Hall–Kier alpha value is -5.13. The third kappa shape index (κ3) is 6.78. The fraction of sp³-hybridized carbons (Fsp3) is 0.120. The summed E-state index contributed by atoms with van der Waals surface area (Å²) < 4.78 is 16.4. The quantitative estimate of drug-likeness (QED) is 0.100. The Bertz CT molecular complexity index is 3040. The van der Waals surface area contributed by atoms with E-state index in [1.54, 1.807) is 6.20 Å². The molecule has 7 aromatic carbocycles. The van der Waals surface area contributed by atoms with E-state index < -0.39 is 19.2 Å². The predicted molar refractivity (Wildman–Crippen MR) is 231 cm³/mol. The molecule has 0 saturated carbocycles. The van der Waals surface area contributed by atoms with Crippen LogP contribution in [0.1, 0.15) is 26.7 Å². The van der Waals surface area contributed by atoms with Gasteiger partial charge in [-0.2, -0.15) is 0 Å². The molecule has 0 N–H and O–H groups in total. The maximum Gasteiger partial charge on any atom is 0.0160 e. The van der Waals surface area contributed by atoms with Gasteiger partial charge < -0.3 is 4.98 Å². The van der Waals surface area contributed by atoms with Crippen LogP contribution in [-0.4, -0.2) is 23.2 Å². The second kappa shape index (κ2) is 14.8. The van der Waals surface area contributed by atoms with Gasteiger partial charge in [0, 0.05) is 27.7 Å². The number of rotatable bonds is 4. The molecule has 3 nitrogen and oxygen atoms in total. The number of nitrogens with zero attached hydrogens (tertiary/aromatic N) is 2. The predicted octanol–water partition coefficient (Wildman–Crippen LogP) is 13.3. The summed E-state index contributed by atoms with van der Waals surface area (Å²) in [6.45, 7) is 3.78. The fourth-order valence-corrected chi connectivity index (χ4v) is 10.0. The Kier molecular flexibility index (Phi) is 9.60. The van der Waals surface area contributed by atoms with Gasteiger partial charge in [-0.3, -0.25) is 0 Å². The van der Waals surface area contributed by atoms with Crippen molar-refractivity contribution in [1.82, 2.24) is 9.97 Å². The number of fused-ring (bicyclic) bond motifs is 11. The number of hydrogen-bond acceptors (Lipinski definition) is 3. The molecular formula is C50H40GeIrN2O-2. The van der Waals surface area contributed by atoms with Crippen molar-refractivity contribution in [3.63, 3.8) is 0 Å². The van der Waals surface area contributed by atoms with Crippen LogP contribution in [0.25, 0.3) is 87.5 Å². The van der Waals surface area contributed by atoms with Crippen LogP contribution in [0, 0.1) is 12.1 Å². The van der Waals surface area contributed by atoms with Crippen molar-refractivity contribution < 1.29 is 25.9 Å². The third-order valence-electron chi connectivity index (χ3n) is 10.5. The Balaban J connectivity index is 0.000000159. The van der Waals surface area contributed by atoms with E-state index in [0.717, 1.165) is 55.4 Å². The van der Waals surface area contributed by atoms with E-state index in [9.17, 15) is 0 Å². The fourth-order valence-electron chi connectivity index (χ4n) is 7.58. The zero-order chi connectivity index (χ0) is 37.9. The van der Waals surface area contributed by atoms with Gasteiger partial charge in [0.15, 0.2) is 0 Å². The maximum absolute atomic E-state index is 8.38. The van der Waals surface area contributed by atoms with E-state index in [1.807, 2.05) is 56.4 Å². The van der Waals surface area contributed by atoms with Gasteiger partial charge in [0.05, 0.1) is 0 Å². The Labute approximate surface area is 339 Å². The minimum absolute atomic E-state index is 0. The van der Waals surface area contributed by atoms with Crippen LogP contribution in [0.2, 0.25) is 17.3 Å². The van der Waals surface area contributed by atoms with E-state index in [4.69, 9.17) is 5.79 Å². The maximum atomic E-state index is 8.38. The van der Waals surface area contributed by atoms with Crippen LogP contribution >= 0.6 is 0 Å². The van der Waals surface area contributed by atoms with Crippen LogP contribution in [-0.2, 0) is 20.1 Å². The number of aromatic nitrogens is 2. The van der Waals surface area contributed by atoms with Crippen molar-refractivity contribution in [2.45, 2.75) is 37.0 Å². The van der Waals surface area contributed by atoms with E-state index in [1.165, 1.54) is 42.1 Å². The van der Waals surface area contributed by atoms with Gasteiger partial charge in [-0.25, -0.2) is 0 Å². The molecule has 0 aliphatic rings. The van der Waals surface area contributed by atoms with Crippen LogP contribution in [0.15, 0.2) is 150 Å². The van der Waals surface area contributed by atoms with Crippen molar-refractivity contribution in [3.05, 3.63) is 164 Å². The molecule has 10 aromatic rings. The number of benzene rings is 7. The molecule has 0 amide bonds. The molecule has 271 valence electrons. The molecular weight excluding hydrogens is 909 g/mol. The summed E-state index contributed by atoms with van der Waals surface area (Å²) >= 11 is -1.90. The molecule has 5 heteroatoms. The monoisotopic (exact) mass is 952 g/mol. The summed E-state index contributed by atoms with van der Waals surface area (Å²) in [6.07, 6.45) is 3.59. The molecule has 0 spiro atoms. The minimum Gasteiger partial charge on any atom is -0.305 e. The number of furan rings is 1. The minimum atomic E-state index is -1.90. The van der Waals surface area contributed by atoms with E-state index in [-0.39, 0.29) is 20.1 Å². The number of hydrogen-bond donors (Lipinski definition) is 0. The Morgan fingerprint density at radius 3 is 1.93 bits per heavy atom. The molecule has 10 rings (SSSR count). The van der Waals surface area contributed by atoms with Gasteiger partial charge in [-0.05, 0) is 27.9 Å². The number of pyridine rings is 2. The first-order valence-electron chi connectivity index (χ1n) is 19.0. The molecule has 0 bridgehead atoms. The van der Waals surface area contributed by atoms with E-state index in [0.29, 0.717) is 0 Å². The molecule has 0 aliphatic heterocycles. The first kappa shape index (κ1) is 35.6. The summed E-state index contributed by atoms with van der Waals surface area (Å²) in [7, 11) is 0. The topological polar surface area (TPSA) is 38.9 Å². The first-order valence-corrected chi connectivity index (χ1v) is 25.8. The van der Waals surface area contributed by atoms with Crippen molar-refractivity contribution in [3.8, 4) is 22.5 Å². The summed E-state index contributed by atoms with van der Waals surface area (Å²) in [5.41, 5.74) is 6.25. The molecule has 0 unspecified atom stereocenters. The molecule has 3 heterocycles. The van der Waals surface area contributed by atoms with Crippen LogP contribution < -0.4 is 4.40 Å². The molecule has 0 aliphatic carbocycles. The standard InChI is InChI=1S/C27H26GeNO.C23H14N.Ir/c1-17(2)18-13-14-29-25(16-18)24-8-6-7-22-23-11-9-19-15-20(28(3,4)5)10-12-21(19)26(23)30-27(22)24;1-2-9-19-17(7-1)18-8-3-4-10-20(18)22-15-16(12-13-21(19)22)23-11-5-6-14-24-23;/h6-7,9-17H,1-5H3;1-11,13-15H;/q2*-1;/i17D;;. The zero-order valence-electron chi connectivity index (χ0n) is 32.5. The van der Waals surface area contributed by atoms with Crippen LogP contribution in [0.3, 0.4) is 0 Å². The second-order valence-corrected chi connectivity index (χ2v) is 25.9. The van der Waals surface area contributed by atoms with Gasteiger partial charge >= 0.3 is 167 Å². The van der Waals surface area contributed by atoms with Gasteiger partial charge in [-0.15, -0.1) is 23.8 Å². The Morgan fingerprint density at radius 2 is 1.24 bits per heavy atom. The van der Waals surface area contributed by atoms with Crippen molar-refractivity contribution >= 4 is 82.7 Å². The SMILES string of the molecule is [2H]C(C)(C)c1ccnc(-c2[c-]ccc3c2oc2c4cc[c]([Ge]([CH3])([CH3])[CH3])cc4ccc32)c1.[Ir].[c-]1cc2c3ccccc3c3ccccc3c2cc1-c1ccccn1. The summed E-state index contributed by atoms with van der Waals surface area (Å²) in [4.78, 5) is 9.04. The summed E-state index contributed by atoms with van der Waals surface area (Å²) in [5, 5.41) is 12.2. The van der Waals surface area contributed by atoms with Crippen molar-refractivity contribution in [1.29, 1.82) is 0 Å². The molecule has 3 aromatic heterocycles. The second-order valence-electron chi connectivity index (χ2n) is 15.2. The zero-order valence-corrected chi connectivity index (χ0v) is 36.0. The summed E-state index contributed by atoms with van der Waals surface area (Å²) in [6, 6.07) is 53.4. The molecule has 55 heavy (non-hydrogen) atoms. The first-order chi connectivity index (χ1) is 26.5. The smallest absolute Gasteiger partial charge is 0.0160 e.